The average Bonchev–Trinajstić information content (AvgIpc) is 2.91. The van der Waals surface area contributed by atoms with Crippen LogP contribution >= 0.6 is 11.3 Å². The minimum atomic E-state index is -0.333. The van der Waals surface area contributed by atoms with Crippen LogP contribution in [0.1, 0.15) is 41.7 Å². The molecule has 1 N–H and O–H groups in total. The van der Waals surface area contributed by atoms with Crippen molar-refractivity contribution in [2.75, 3.05) is 5.32 Å². The first-order valence-corrected chi connectivity index (χ1v) is 8.11. The van der Waals surface area contributed by atoms with Gasteiger partial charge in [0.05, 0.1) is 0 Å². The highest BCUT2D eigenvalue weighted by molar-refractivity contribution is 7.15. The van der Waals surface area contributed by atoms with Gasteiger partial charge in [0.25, 0.3) is 5.91 Å². The molecule has 2 rings (SSSR count). The van der Waals surface area contributed by atoms with Crippen molar-refractivity contribution in [2.24, 2.45) is 5.92 Å². The molecule has 1 amide bonds. The third kappa shape index (κ3) is 5.45. The van der Waals surface area contributed by atoms with Gasteiger partial charge in [-0.25, -0.2) is 0 Å². The zero-order valence-electron chi connectivity index (χ0n) is 13.3. The second kappa shape index (κ2) is 7.82. The molecule has 0 unspecified atom stereocenters. The highest BCUT2D eigenvalue weighted by Crippen LogP contribution is 2.19. The molecular formula is C16H19N3O3S. The molecule has 0 radical (unpaired) electrons. The van der Waals surface area contributed by atoms with Crippen molar-refractivity contribution >= 4 is 28.3 Å². The third-order valence-corrected chi connectivity index (χ3v) is 3.79. The predicted octanol–water partition coefficient (Wildman–Crippen LogP) is 3.05. The van der Waals surface area contributed by atoms with Crippen molar-refractivity contribution in [3.8, 4) is 0 Å². The summed E-state index contributed by atoms with van der Waals surface area (Å²) >= 11 is 1.39. The van der Waals surface area contributed by atoms with Crippen LogP contribution in [0.25, 0.3) is 0 Å². The lowest BCUT2D eigenvalue weighted by atomic mass is 10.1. The van der Waals surface area contributed by atoms with Crippen LogP contribution in [0, 0.1) is 5.92 Å². The largest absolute Gasteiger partial charge is 0.461 e. The van der Waals surface area contributed by atoms with Crippen LogP contribution < -0.4 is 5.32 Å². The minimum absolute atomic E-state index is 0.201. The van der Waals surface area contributed by atoms with Crippen molar-refractivity contribution < 1.29 is 14.3 Å². The van der Waals surface area contributed by atoms with Crippen LogP contribution in [0.5, 0.6) is 0 Å². The van der Waals surface area contributed by atoms with E-state index in [-0.39, 0.29) is 18.5 Å². The number of benzene rings is 1. The van der Waals surface area contributed by atoms with E-state index in [1.54, 1.807) is 24.3 Å². The first-order valence-electron chi connectivity index (χ1n) is 7.30. The van der Waals surface area contributed by atoms with Gasteiger partial charge in [0.1, 0.15) is 11.6 Å². The molecular weight excluding hydrogens is 314 g/mol. The third-order valence-electron chi connectivity index (χ3n) is 2.93. The summed E-state index contributed by atoms with van der Waals surface area (Å²) in [7, 11) is 0. The molecule has 2 aromatic rings. The molecule has 0 saturated carbocycles. The number of anilines is 1. The average molecular weight is 333 g/mol. The van der Waals surface area contributed by atoms with Gasteiger partial charge in [-0.2, -0.15) is 0 Å². The number of esters is 1. The number of aromatic nitrogens is 2. The molecule has 0 spiro atoms. The summed E-state index contributed by atoms with van der Waals surface area (Å²) in [6.07, 6.45) is 0.846. The zero-order valence-corrected chi connectivity index (χ0v) is 14.1. The summed E-state index contributed by atoms with van der Waals surface area (Å²) in [5.74, 6) is -0.0761. The second-order valence-electron chi connectivity index (χ2n) is 5.53. The van der Waals surface area contributed by atoms with Crippen molar-refractivity contribution in [2.45, 2.75) is 33.8 Å². The number of hydrogen-bond donors (Lipinski definition) is 1. The van der Waals surface area contributed by atoms with E-state index >= 15 is 0 Å². The number of carbonyl (C=O) groups is 2. The zero-order chi connectivity index (χ0) is 16.8. The van der Waals surface area contributed by atoms with E-state index in [4.69, 9.17) is 4.74 Å². The van der Waals surface area contributed by atoms with E-state index in [9.17, 15) is 9.59 Å². The first-order chi connectivity index (χ1) is 10.9. The number of nitrogens with one attached hydrogen (secondary N) is 1. The van der Waals surface area contributed by atoms with Gasteiger partial charge in [-0.15, -0.1) is 10.2 Å². The lowest BCUT2D eigenvalue weighted by Crippen LogP contribution is -2.11. The summed E-state index contributed by atoms with van der Waals surface area (Å²) in [5, 5.41) is 12.2. The van der Waals surface area contributed by atoms with Gasteiger partial charge in [0.2, 0.25) is 5.13 Å². The molecule has 0 aliphatic heterocycles. The van der Waals surface area contributed by atoms with E-state index in [0.717, 1.165) is 17.0 Å². The fraction of sp³-hybridized carbons (Fsp3) is 0.375. The molecule has 0 aliphatic carbocycles. The molecule has 0 fully saturated rings. The standard InChI is InChI=1S/C16H19N3O3S/c1-10(2)8-14-18-19-16(23-14)17-15(21)13-6-4-12(5-7-13)9-22-11(3)20/h4-7,10H,8-9H2,1-3H3,(H,17,19,21). The first kappa shape index (κ1) is 17.1. The van der Waals surface area contributed by atoms with Crippen molar-refractivity contribution in [3.63, 3.8) is 0 Å². The Kier molecular flexibility index (Phi) is 5.81. The number of nitrogens with zero attached hydrogens (tertiary/aromatic N) is 2. The van der Waals surface area contributed by atoms with E-state index < -0.39 is 0 Å². The lowest BCUT2D eigenvalue weighted by Gasteiger charge is -2.04. The number of ether oxygens (including phenoxy) is 1. The normalized spacial score (nSPS) is 10.6. The molecule has 23 heavy (non-hydrogen) atoms. The highest BCUT2D eigenvalue weighted by Gasteiger charge is 2.11. The van der Waals surface area contributed by atoms with Crippen LogP contribution in [0.15, 0.2) is 24.3 Å². The fourth-order valence-corrected chi connectivity index (χ4v) is 2.79. The maximum atomic E-state index is 12.2. The Morgan fingerprint density at radius 3 is 2.52 bits per heavy atom. The maximum absolute atomic E-state index is 12.2. The van der Waals surface area contributed by atoms with Gasteiger partial charge in [-0.05, 0) is 23.6 Å². The summed E-state index contributed by atoms with van der Waals surface area (Å²) < 4.78 is 4.90. The molecule has 1 heterocycles. The van der Waals surface area contributed by atoms with Crippen LogP contribution in [-0.2, 0) is 22.6 Å². The quantitative estimate of drug-likeness (QED) is 0.822. The predicted molar refractivity (Wildman–Crippen MR) is 88.3 cm³/mol. The Morgan fingerprint density at radius 2 is 1.91 bits per heavy atom. The SMILES string of the molecule is CC(=O)OCc1ccc(C(=O)Nc2nnc(CC(C)C)s2)cc1. The number of hydrogen-bond acceptors (Lipinski definition) is 6. The monoisotopic (exact) mass is 333 g/mol. The maximum Gasteiger partial charge on any atom is 0.302 e. The summed E-state index contributed by atoms with van der Waals surface area (Å²) in [6.45, 7) is 5.78. The van der Waals surface area contributed by atoms with E-state index in [2.05, 4.69) is 29.4 Å². The molecule has 0 bridgehead atoms. The highest BCUT2D eigenvalue weighted by atomic mass is 32.1. The topological polar surface area (TPSA) is 81.2 Å². The number of rotatable bonds is 6. The smallest absolute Gasteiger partial charge is 0.302 e. The number of carbonyl (C=O) groups excluding carboxylic acids is 2. The van der Waals surface area contributed by atoms with Crippen molar-refractivity contribution in [1.29, 1.82) is 0 Å². The fourth-order valence-electron chi connectivity index (χ4n) is 1.84. The molecule has 0 saturated heterocycles. The van der Waals surface area contributed by atoms with Gasteiger partial charge in [-0.3, -0.25) is 14.9 Å². The van der Waals surface area contributed by atoms with Gasteiger partial charge in [0.15, 0.2) is 0 Å². The van der Waals surface area contributed by atoms with Crippen molar-refractivity contribution in [1.82, 2.24) is 10.2 Å². The van der Waals surface area contributed by atoms with Gasteiger partial charge < -0.3 is 4.74 Å². The van der Waals surface area contributed by atoms with Gasteiger partial charge in [-0.1, -0.05) is 37.3 Å². The molecule has 1 aromatic heterocycles. The molecule has 0 atom stereocenters. The summed E-state index contributed by atoms with van der Waals surface area (Å²) in [5.41, 5.74) is 1.34. The molecule has 6 nitrogen and oxygen atoms in total. The van der Waals surface area contributed by atoms with Gasteiger partial charge >= 0.3 is 5.97 Å². The van der Waals surface area contributed by atoms with E-state index in [1.807, 2.05) is 0 Å². The van der Waals surface area contributed by atoms with Crippen LogP contribution in [0.4, 0.5) is 5.13 Å². The summed E-state index contributed by atoms with van der Waals surface area (Å²) in [6, 6.07) is 6.87. The van der Waals surface area contributed by atoms with Gasteiger partial charge in [0, 0.05) is 18.9 Å². The Labute approximate surface area is 138 Å². The molecule has 0 aliphatic rings. The van der Waals surface area contributed by atoms with E-state index in [1.165, 1.54) is 18.3 Å². The Bertz CT molecular complexity index is 680. The second-order valence-corrected chi connectivity index (χ2v) is 6.59. The molecule has 1 aromatic carbocycles. The van der Waals surface area contributed by atoms with Crippen molar-refractivity contribution in [3.05, 3.63) is 40.4 Å². The van der Waals surface area contributed by atoms with Crippen LogP contribution in [0.3, 0.4) is 0 Å². The molecule has 7 heteroatoms. The van der Waals surface area contributed by atoms with Crippen LogP contribution in [-0.4, -0.2) is 22.1 Å². The Balaban J connectivity index is 1.95. The van der Waals surface area contributed by atoms with Crippen LogP contribution in [0.2, 0.25) is 0 Å². The van der Waals surface area contributed by atoms with E-state index in [0.29, 0.717) is 16.6 Å². The minimum Gasteiger partial charge on any atom is -0.461 e. The lowest BCUT2D eigenvalue weighted by molar-refractivity contribution is -0.142. The molecule has 122 valence electrons. The number of amides is 1. The summed E-state index contributed by atoms with van der Waals surface area (Å²) in [4.78, 5) is 22.9. The Hall–Kier alpha value is -2.28. The Morgan fingerprint density at radius 1 is 1.22 bits per heavy atom.